The highest BCUT2D eigenvalue weighted by Gasteiger charge is 2.53. The zero-order chi connectivity index (χ0) is 10.2. The largest absolute Gasteiger partial charge is 0.452 e. The van der Waals surface area contributed by atoms with Gasteiger partial charge in [-0.2, -0.15) is 0 Å². The topological polar surface area (TPSA) is 60.4 Å². The predicted octanol–water partition coefficient (Wildman–Crippen LogP) is 0.839. The summed E-state index contributed by atoms with van der Waals surface area (Å²) in [6.45, 7) is 1.37. The van der Waals surface area contributed by atoms with Crippen LogP contribution >= 0.6 is 23.2 Å². The maximum Gasteiger partial charge on any atom is 0.307 e. The Bertz CT molecular complexity index is 288. The summed E-state index contributed by atoms with van der Waals surface area (Å²) in [6.07, 6.45) is -1.47. The van der Waals surface area contributed by atoms with Gasteiger partial charge in [0.05, 0.1) is 11.8 Å². The van der Waals surface area contributed by atoms with E-state index >= 15 is 0 Å². The number of esters is 1. The zero-order valence-electron chi connectivity index (χ0n) is 6.67. The molecule has 6 heteroatoms. The molecule has 0 amide bonds. The second-order valence-corrected chi connectivity index (χ2v) is 3.76. The standard InChI is InChI=1S/C7H6Cl2O4/c1-7(6(9)12)2-3(10)13-4(7)5(8)11/h4H,2H2,1H3. The molecular formula is C7H6Cl2O4. The fourth-order valence-corrected chi connectivity index (χ4v) is 1.62. The molecule has 0 bridgehead atoms. The van der Waals surface area contributed by atoms with Crippen molar-refractivity contribution in [1.29, 1.82) is 0 Å². The first kappa shape index (κ1) is 10.5. The first-order chi connectivity index (χ1) is 5.88. The van der Waals surface area contributed by atoms with Crippen LogP contribution in [0.5, 0.6) is 0 Å². The third-order valence-electron chi connectivity index (χ3n) is 1.99. The van der Waals surface area contributed by atoms with E-state index in [9.17, 15) is 14.4 Å². The van der Waals surface area contributed by atoms with Gasteiger partial charge < -0.3 is 4.74 Å². The van der Waals surface area contributed by atoms with Gasteiger partial charge >= 0.3 is 5.97 Å². The van der Waals surface area contributed by atoms with Crippen LogP contribution in [0.3, 0.4) is 0 Å². The number of rotatable bonds is 2. The highest BCUT2D eigenvalue weighted by atomic mass is 35.5. The van der Waals surface area contributed by atoms with E-state index in [-0.39, 0.29) is 6.42 Å². The van der Waals surface area contributed by atoms with Crippen molar-refractivity contribution in [3.8, 4) is 0 Å². The van der Waals surface area contributed by atoms with Crippen molar-refractivity contribution >= 4 is 39.7 Å². The summed E-state index contributed by atoms with van der Waals surface area (Å²) in [5, 5.41) is -1.68. The molecule has 1 saturated heterocycles. The monoisotopic (exact) mass is 224 g/mol. The van der Waals surface area contributed by atoms with Gasteiger partial charge in [-0.1, -0.05) is 0 Å². The Balaban J connectivity index is 3.01. The number of carbonyl (C=O) groups is 3. The summed E-state index contributed by atoms with van der Waals surface area (Å²) >= 11 is 10.4. The molecule has 0 spiro atoms. The molecule has 0 N–H and O–H groups in total. The number of carbonyl (C=O) groups excluding carboxylic acids is 3. The van der Waals surface area contributed by atoms with Crippen LogP contribution in [0.25, 0.3) is 0 Å². The van der Waals surface area contributed by atoms with E-state index in [4.69, 9.17) is 23.2 Å². The molecule has 1 rings (SSSR count). The maximum atomic E-state index is 11.0. The molecule has 0 aromatic rings. The Labute approximate surface area is 84.1 Å². The van der Waals surface area contributed by atoms with Gasteiger partial charge in [0.25, 0.3) is 5.24 Å². The normalized spacial score (nSPS) is 32.8. The van der Waals surface area contributed by atoms with Gasteiger partial charge in [0.1, 0.15) is 0 Å². The van der Waals surface area contributed by atoms with Crippen molar-refractivity contribution < 1.29 is 19.1 Å². The second kappa shape index (κ2) is 3.27. The van der Waals surface area contributed by atoms with Crippen molar-refractivity contribution in [2.45, 2.75) is 19.4 Å². The molecule has 0 aromatic heterocycles. The van der Waals surface area contributed by atoms with Crippen molar-refractivity contribution in [3.05, 3.63) is 0 Å². The maximum absolute atomic E-state index is 11.0. The van der Waals surface area contributed by atoms with Gasteiger partial charge in [-0.15, -0.1) is 0 Å². The van der Waals surface area contributed by atoms with Gasteiger partial charge in [-0.05, 0) is 30.1 Å². The first-order valence-corrected chi connectivity index (χ1v) is 4.22. The molecule has 0 aromatic carbocycles. The molecule has 1 fully saturated rings. The molecule has 1 heterocycles. The third kappa shape index (κ3) is 1.69. The molecule has 1 aliphatic rings. The SMILES string of the molecule is CC1(C(=O)Cl)CC(=O)OC1C(=O)Cl. The zero-order valence-corrected chi connectivity index (χ0v) is 8.19. The van der Waals surface area contributed by atoms with Crippen LogP contribution in [-0.2, 0) is 19.1 Å². The van der Waals surface area contributed by atoms with E-state index in [1.807, 2.05) is 0 Å². The van der Waals surface area contributed by atoms with E-state index in [0.29, 0.717) is 0 Å². The summed E-state index contributed by atoms with van der Waals surface area (Å²) in [7, 11) is 0. The molecule has 72 valence electrons. The Kier molecular flexibility index (Phi) is 2.63. The van der Waals surface area contributed by atoms with Gasteiger partial charge in [-0.25, -0.2) is 0 Å². The fourth-order valence-electron chi connectivity index (χ4n) is 1.17. The van der Waals surface area contributed by atoms with Crippen LogP contribution in [-0.4, -0.2) is 22.6 Å². The Morgan fingerprint density at radius 3 is 2.38 bits per heavy atom. The lowest BCUT2D eigenvalue weighted by molar-refractivity contribution is -0.146. The quantitative estimate of drug-likeness (QED) is 0.516. The molecule has 0 saturated carbocycles. The lowest BCUT2D eigenvalue weighted by atomic mass is 9.85. The third-order valence-corrected chi connectivity index (χ3v) is 2.62. The van der Waals surface area contributed by atoms with E-state index in [1.54, 1.807) is 0 Å². The van der Waals surface area contributed by atoms with Crippen LogP contribution in [0.2, 0.25) is 0 Å². The average molecular weight is 225 g/mol. The minimum atomic E-state index is -1.32. The molecule has 0 radical (unpaired) electrons. The number of halogens is 2. The minimum absolute atomic E-state index is 0.210. The molecule has 1 aliphatic heterocycles. The number of cyclic esters (lactones) is 1. The fraction of sp³-hybridized carbons (Fsp3) is 0.571. The van der Waals surface area contributed by atoms with Gasteiger partial charge in [0.2, 0.25) is 5.24 Å². The summed E-state index contributed by atoms with van der Waals surface area (Å²) in [6, 6.07) is 0. The minimum Gasteiger partial charge on any atom is -0.452 e. The van der Waals surface area contributed by atoms with E-state index in [1.165, 1.54) is 6.92 Å². The smallest absolute Gasteiger partial charge is 0.307 e. The van der Waals surface area contributed by atoms with Gasteiger partial charge in [-0.3, -0.25) is 14.4 Å². The van der Waals surface area contributed by atoms with Gasteiger partial charge in [0.15, 0.2) is 6.10 Å². The Morgan fingerprint density at radius 2 is 2.08 bits per heavy atom. The van der Waals surface area contributed by atoms with Crippen LogP contribution in [0, 0.1) is 5.41 Å². The predicted molar refractivity (Wildman–Crippen MR) is 44.3 cm³/mol. The molecule has 13 heavy (non-hydrogen) atoms. The lowest BCUT2D eigenvalue weighted by Gasteiger charge is -2.20. The van der Waals surface area contributed by atoms with Gasteiger partial charge in [0, 0.05) is 0 Å². The van der Waals surface area contributed by atoms with Crippen LogP contribution < -0.4 is 0 Å². The van der Waals surface area contributed by atoms with Crippen molar-refractivity contribution in [2.75, 3.05) is 0 Å². The number of ether oxygens (including phenoxy) is 1. The lowest BCUT2D eigenvalue weighted by Crippen LogP contribution is -2.37. The van der Waals surface area contributed by atoms with Crippen LogP contribution in [0.15, 0.2) is 0 Å². The average Bonchev–Trinajstić information content (AvgIpc) is 2.27. The second-order valence-electron chi connectivity index (χ2n) is 3.04. The molecule has 2 atom stereocenters. The van der Waals surface area contributed by atoms with Crippen molar-refractivity contribution in [1.82, 2.24) is 0 Å². The molecule has 2 unspecified atom stereocenters. The molecule has 0 aliphatic carbocycles. The summed E-state index contributed by atoms with van der Waals surface area (Å²) in [5.74, 6) is -0.643. The molecular weight excluding hydrogens is 219 g/mol. The van der Waals surface area contributed by atoms with Crippen molar-refractivity contribution in [3.63, 3.8) is 0 Å². The Hall–Kier alpha value is -0.610. The van der Waals surface area contributed by atoms with Crippen LogP contribution in [0.4, 0.5) is 0 Å². The van der Waals surface area contributed by atoms with Crippen LogP contribution in [0.1, 0.15) is 13.3 Å². The summed E-state index contributed by atoms with van der Waals surface area (Å²) < 4.78 is 4.57. The molecule has 4 nitrogen and oxygen atoms in total. The van der Waals surface area contributed by atoms with Crippen molar-refractivity contribution in [2.24, 2.45) is 5.41 Å². The number of hydrogen-bond acceptors (Lipinski definition) is 4. The van der Waals surface area contributed by atoms with E-state index < -0.39 is 28.0 Å². The first-order valence-electron chi connectivity index (χ1n) is 3.46. The highest BCUT2D eigenvalue weighted by Crippen LogP contribution is 2.38. The Morgan fingerprint density at radius 1 is 1.54 bits per heavy atom. The number of hydrogen-bond donors (Lipinski definition) is 0. The highest BCUT2D eigenvalue weighted by molar-refractivity contribution is 6.68. The summed E-state index contributed by atoms with van der Waals surface area (Å²) in [5.41, 5.74) is -1.32. The van der Waals surface area contributed by atoms with E-state index in [0.717, 1.165) is 0 Å². The summed E-state index contributed by atoms with van der Waals surface area (Å²) in [4.78, 5) is 32.6. The van der Waals surface area contributed by atoms with E-state index in [2.05, 4.69) is 4.74 Å².